The van der Waals surface area contributed by atoms with E-state index in [-0.39, 0.29) is 5.82 Å². The van der Waals surface area contributed by atoms with Gasteiger partial charge < -0.3 is 4.57 Å². The number of aromatic nitrogens is 2. The number of nitriles is 1. The molecule has 0 saturated carbocycles. The molecule has 0 spiro atoms. The van der Waals surface area contributed by atoms with Crippen molar-refractivity contribution in [3.8, 4) is 6.07 Å². The Morgan fingerprint density at radius 2 is 1.58 bits per heavy atom. The Morgan fingerprint density at radius 1 is 1.04 bits per heavy atom. The van der Waals surface area contributed by atoms with Gasteiger partial charge in [-0.15, -0.1) is 0 Å². The molecular weight excluding hydrogens is 357 g/mol. The van der Waals surface area contributed by atoms with Crippen molar-refractivity contribution in [1.29, 1.82) is 5.26 Å². The first kappa shape index (κ1) is 17.5. The van der Waals surface area contributed by atoms with Gasteiger partial charge in [-0.2, -0.15) is 5.26 Å². The third-order valence-corrected chi connectivity index (χ3v) is 3.93. The van der Waals surface area contributed by atoms with Crippen LogP contribution in [0, 0.1) is 40.4 Å². The third kappa shape index (κ3) is 2.42. The van der Waals surface area contributed by atoms with Crippen LogP contribution in [0.1, 0.15) is 22.1 Å². The first-order chi connectivity index (χ1) is 12.3. The number of hydrogen-bond donors (Lipinski definition) is 0. The molecule has 0 saturated heterocycles. The zero-order valence-corrected chi connectivity index (χ0v) is 13.0. The third-order valence-electron chi connectivity index (χ3n) is 3.93. The van der Waals surface area contributed by atoms with Crippen LogP contribution in [0.15, 0.2) is 24.3 Å². The predicted molar refractivity (Wildman–Crippen MR) is 79.6 cm³/mol. The molecular formula is C17H8F5N3O. The lowest BCUT2D eigenvalue weighted by Crippen LogP contribution is -2.20. The van der Waals surface area contributed by atoms with Crippen molar-refractivity contribution in [3.63, 3.8) is 0 Å². The quantitative estimate of drug-likeness (QED) is 0.307. The molecule has 1 heterocycles. The van der Waals surface area contributed by atoms with Crippen LogP contribution in [0.4, 0.5) is 22.0 Å². The molecule has 3 aromatic rings. The molecule has 0 bridgehead atoms. The number of rotatable bonds is 3. The summed E-state index contributed by atoms with van der Waals surface area (Å²) in [5, 5.41) is 9.31. The van der Waals surface area contributed by atoms with Crippen LogP contribution in [0.5, 0.6) is 0 Å². The second-order valence-corrected chi connectivity index (χ2v) is 5.39. The first-order valence-electron chi connectivity index (χ1n) is 7.16. The van der Waals surface area contributed by atoms with Crippen molar-refractivity contribution < 1.29 is 26.7 Å². The molecule has 9 heteroatoms. The Labute approximate surface area is 143 Å². The molecule has 0 amide bonds. The summed E-state index contributed by atoms with van der Waals surface area (Å²) in [5.74, 6) is -15.1. The fraction of sp³-hybridized carbons (Fsp3) is 0.118. The predicted octanol–water partition coefficient (Wildman–Crippen LogP) is 3.76. The van der Waals surface area contributed by atoms with Gasteiger partial charge >= 0.3 is 0 Å². The number of para-hydroxylation sites is 2. The van der Waals surface area contributed by atoms with E-state index in [4.69, 9.17) is 0 Å². The molecule has 0 radical (unpaired) electrons. The van der Waals surface area contributed by atoms with Gasteiger partial charge in [0.1, 0.15) is 5.82 Å². The molecule has 1 aromatic heterocycles. The van der Waals surface area contributed by atoms with Gasteiger partial charge in [-0.1, -0.05) is 12.1 Å². The molecule has 0 aliphatic carbocycles. The SMILES string of the molecule is Cn1c([C@@H](C#N)C(=O)c2c(F)c(F)c(F)c(F)c2F)nc2ccccc21. The molecule has 26 heavy (non-hydrogen) atoms. The van der Waals surface area contributed by atoms with E-state index >= 15 is 0 Å². The number of hydrogen-bond acceptors (Lipinski definition) is 3. The molecule has 0 unspecified atom stereocenters. The average molecular weight is 365 g/mol. The highest BCUT2D eigenvalue weighted by atomic mass is 19.2. The minimum atomic E-state index is -2.38. The molecule has 4 nitrogen and oxygen atoms in total. The number of carbonyl (C=O) groups excluding carboxylic acids is 1. The lowest BCUT2D eigenvalue weighted by atomic mass is 9.96. The van der Waals surface area contributed by atoms with Crippen LogP contribution >= 0.6 is 0 Å². The number of nitrogens with zero attached hydrogens (tertiary/aromatic N) is 3. The van der Waals surface area contributed by atoms with Gasteiger partial charge in [-0.3, -0.25) is 4.79 Å². The van der Waals surface area contributed by atoms with Gasteiger partial charge in [0.05, 0.1) is 22.7 Å². The number of aryl methyl sites for hydroxylation is 1. The van der Waals surface area contributed by atoms with Crippen LogP contribution < -0.4 is 0 Å². The van der Waals surface area contributed by atoms with Gasteiger partial charge in [0.25, 0.3) is 0 Å². The summed E-state index contributed by atoms with van der Waals surface area (Å²) in [4.78, 5) is 16.5. The minimum Gasteiger partial charge on any atom is -0.330 e. The number of benzene rings is 2. The highest BCUT2D eigenvalue weighted by Gasteiger charge is 2.35. The van der Waals surface area contributed by atoms with E-state index < -0.39 is 46.4 Å². The lowest BCUT2D eigenvalue weighted by molar-refractivity contribution is 0.0964. The van der Waals surface area contributed by atoms with Crippen LogP contribution in [0.3, 0.4) is 0 Å². The Kier molecular flexibility index (Phi) is 4.20. The van der Waals surface area contributed by atoms with Crippen LogP contribution in [0.25, 0.3) is 11.0 Å². The molecule has 0 N–H and O–H groups in total. The summed E-state index contributed by atoms with van der Waals surface area (Å²) in [6, 6.07) is 8.04. The number of halogens is 5. The summed E-state index contributed by atoms with van der Waals surface area (Å²) < 4.78 is 69.0. The second-order valence-electron chi connectivity index (χ2n) is 5.39. The number of imidazole rings is 1. The molecule has 132 valence electrons. The smallest absolute Gasteiger partial charge is 0.200 e. The van der Waals surface area contributed by atoms with E-state index in [0.717, 1.165) is 0 Å². The maximum atomic E-state index is 13.9. The summed E-state index contributed by atoms with van der Waals surface area (Å²) >= 11 is 0. The zero-order chi connectivity index (χ0) is 19.2. The standard InChI is InChI=1S/C17H8F5N3O/c1-25-9-5-3-2-4-8(9)24-17(25)7(6-23)16(26)10-11(18)13(20)15(22)14(21)12(10)19/h2-5,7H,1H3/t7-/m0/s1. The topological polar surface area (TPSA) is 58.7 Å². The van der Waals surface area contributed by atoms with Crippen LogP contribution in [-0.4, -0.2) is 15.3 Å². The van der Waals surface area contributed by atoms with Crippen molar-refractivity contribution >= 4 is 16.8 Å². The summed E-state index contributed by atoms with van der Waals surface area (Å²) in [6.45, 7) is 0. The van der Waals surface area contributed by atoms with E-state index in [2.05, 4.69) is 4.98 Å². The van der Waals surface area contributed by atoms with Crippen LogP contribution in [-0.2, 0) is 7.05 Å². The molecule has 3 rings (SSSR count). The average Bonchev–Trinajstić information content (AvgIpc) is 2.96. The van der Waals surface area contributed by atoms with Gasteiger partial charge in [-0.25, -0.2) is 26.9 Å². The summed E-state index contributed by atoms with van der Waals surface area (Å²) in [7, 11) is 1.46. The van der Waals surface area contributed by atoms with Gasteiger partial charge in [-0.05, 0) is 12.1 Å². The van der Waals surface area contributed by atoms with Crippen molar-refractivity contribution in [2.75, 3.05) is 0 Å². The van der Waals surface area contributed by atoms with Crippen molar-refractivity contribution in [2.24, 2.45) is 7.05 Å². The normalized spacial score (nSPS) is 12.2. The molecule has 0 fully saturated rings. The van der Waals surface area contributed by atoms with Crippen LogP contribution in [0.2, 0.25) is 0 Å². The van der Waals surface area contributed by atoms with Gasteiger partial charge in [0, 0.05) is 7.05 Å². The largest absolute Gasteiger partial charge is 0.330 e. The molecule has 0 aliphatic rings. The fourth-order valence-corrected chi connectivity index (χ4v) is 2.62. The molecule has 1 atom stereocenters. The van der Waals surface area contributed by atoms with Crippen molar-refractivity contribution in [3.05, 3.63) is 64.7 Å². The Bertz CT molecular complexity index is 1070. The van der Waals surface area contributed by atoms with Crippen molar-refractivity contribution in [1.82, 2.24) is 9.55 Å². The monoisotopic (exact) mass is 365 g/mol. The molecule has 2 aromatic carbocycles. The summed E-state index contributed by atoms with van der Waals surface area (Å²) in [6.07, 6.45) is 0. The number of ketones is 1. The summed E-state index contributed by atoms with van der Waals surface area (Å²) in [5.41, 5.74) is -0.747. The zero-order valence-electron chi connectivity index (χ0n) is 13.0. The van der Waals surface area contributed by atoms with E-state index in [0.29, 0.717) is 11.0 Å². The van der Waals surface area contributed by atoms with E-state index in [1.54, 1.807) is 24.3 Å². The van der Waals surface area contributed by atoms with E-state index in [9.17, 15) is 32.0 Å². The Morgan fingerprint density at radius 3 is 2.12 bits per heavy atom. The van der Waals surface area contributed by atoms with Gasteiger partial charge in [0.2, 0.25) is 5.82 Å². The first-order valence-corrected chi connectivity index (χ1v) is 7.16. The Balaban J connectivity index is 2.20. The fourth-order valence-electron chi connectivity index (χ4n) is 2.62. The Hall–Kier alpha value is -3.28. The lowest BCUT2D eigenvalue weighted by Gasteiger charge is -2.11. The highest BCUT2D eigenvalue weighted by Crippen LogP contribution is 2.29. The van der Waals surface area contributed by atoms with Gasteiger partial charge in [0.15, 0.2) is 35.0 Å². The number of Topliss-reactive ketones (excluding diaryl/α,β-unsaturated/α-hetero) is 1. The number of fused-ring (bicyclic) bond motifs is 1. The van der Waals surface area contributed by atoms with E-state index in [1.165, 1.54) is 17.7 Å². The highest BCUT2D eigenvalue weighted by molar-refractivity contribution is 6.03. The number of carbonyl (C=O) groups is 1. The maximum Gasteiger partial charge on any atom is 0.200 e. The second kappa shape index (κ2) is 6.22. The maximum absolute atomic E-state index is 13.9. The van der Waals surface area contributed by atoms with Crippen molar-refractivity contribution in [2.45, 2.75) is 5.92 Å². The molecule has 0 aliphatic heterocycles. The van der Waals surface area contributed by atoms with E-state index in [1.807, 2.05) is 0 Å². The minimum absolute atomic E-state index is 0.178.